The monoisotopic (exact) mass is 296 g/mol. The van der Waals surface area contributed by atoms with Gasteiger partial charge in [0.05, 0.1) is 0 Å². The Morgan fingerprint density at radius 1 is 0.905 bits per heavy atom. The number of rotatable bonds is 4. The Labute approximate surface area is 129 Å². The first-order valence-electron chi connectivity index (χ1n) is 7.72. The summed E-state index contributed by atoms with van der Waals surface area (Å²) < 4.78 is 2.21. The number of aryl methyl sites for hydroxylation is 2. The largest absolute Gasteiger partial charge is 0.288 e. The average molecular weight is 296 g/mol. The van der Waals surface area contributed by atoms with Gasteiger partial charge in [0.2, 0.25) is 0 Å². The van der Waals surface area contributed by atoms with Crippen LogP contribution in [-0.4, -0.2) is 0 Å². The van der Waals surface area contributed by atoms with Gasteiger partial charge in [-0.05, 0) is 42.2 Å². The van der Waals surface area contributed by atoms with Gasteiger partial charge in [-0.15, -0.1) is 11.3 Å². The fourth-order valence-corrected chi connectivity index (χ4v) is 4.15. The summed E-state index contributed by atoms with van der Waals surface area (Å²) in [5.74, 6) is 0. The number of hydrogen-bond acceptors (Lipinski definition) is 2. The molecule has 0 fully saturated rings. The van der Waals surface area contributed by atoms with Crippen molar-refractivity contribution >= 4 is 31.5 Å². The predicted molar refractivity (Wildman–Crippen MR) is 93.6 cm³/mol. The van der Waals surface area contributed by atoms with E-state index in [-0.39, 0.29) is 5.43 Å². The van der Waals surface area contributed by atoms with Crippen molar-refractivity contribution in [1.29, 1.82) is 0 Å². The van der Waals surface area contributed by atoms with Crippen molar-refractivity contribution in [1.82, 2.24) is 0 Å². The molecule has 0 unspecified atom stereocenters. The summed E-state index contributed by atoms with van der Waals surface area (Å²) in [7, 11) is 0. The molecule has 1 nitrogen and oxygen atoms in total. The Morgan fingerprint density at radius 2 is 1.67 bits per heavy atom. The first kappa shape index (κ1) is 14.3. The maximum Gasteiger partial charge on any atom is 0.196 e. The lowest BCUT2D eigenvalue weighted by atomic mass is 9.95. The third kappa shape index (κ3) is 2.49. The lowest BCUT2D eigenvalue weighted by Gasteiger charge is -2.12. The van der Waals surface area contributed by atoms with E-state index in [0.717, 1.165) is 45.9 Å². The first-order valence-corrected chi connectivity index (χ1v) is 8.54. The van der Waals surface area contributed by atoms with Crippen molar-refractivity contribution in [3.63, 3.8) is 0 Å². The summed E-state index contributed by atoms with van der Waals surface area (Å²) in [4.78, 5) is 12.9. The van der Waals surface area contributed by atoms with Gasteiger partial charge in [-0.3, -0.25) is 4.79 Å². The van der Waals surface area contributed by atoms with E-state index in [9.17, 15) is 4.79 Å². The van der Waals surface area contributed by atoms with Crippen LogP contribution in [0.15, 0.2) is 41.2 Å². The molecule has 0 radical (unpaired) electrons. The summed E-state index contributed by atoms with van der Waals surface area (Å²) >= 11 is 1.73. The molecule has 0 aliphatic heterocycles. The molecule has 0 atom stereocenters. The normalized spacial score (nSPS) is 11.3. The molecule has 1 aromatic heterocycles. The third-order valence-corrected chi connectivity index (χ3v) is 5.11. The van der Waals surface area contributed by atoms with Crippen LogP contribution in [-0.2, 0) is 12.8 Å². The lowest BCUT2D eigenvalue weighted by Crippen LogP contribution is -2.07. The second-order valence-corrected chi connectivity index (χ2v) is 6.59. The van der Waals surface area contributed by atoms with Crippen LogP contribution in [0.5, 0.6) is 0 Å². The molecule has 1 heterocycles. The molecule has 3 aromatic rings. The van der Waals surface area contributed by atoms with Gasteiger partial charge in [-0.2, -0.15) is 0 Å². The molecular formula is C19H20OS. The maximum absolute atomic E-state index is 12.9. The third-order valence-electron chi connectivity index (χ3n) is 3.97. The molecule has 3 rings (SSSR count). The second kappa shape index (κ2) is 5.98. The van der Waals surface area contributed by atoms with Gasteiger partial charge in [0.15, 0.2) is 5.43 Å². The zero-order valence-electron chi connectivity index (χ0n) is 12.6. The van der Waals surface area contributed by atoms with E-state index in [0.29, 0.717) is 0 Å². The van der Waals surface area contributed by atoms with Crippen LogP contribution in [0.4, 0.5) is 0 Å². The van der Waals surface area contributed by atoms with Gasteiger partial charge in [0, 0.05) is 20.2 Å². The molecule has 0 saturated heterocycles. The predicted octanol–water partition coefficient (Wildman–Crippen LogP) is 5.32. The molecule has 0 amide bonds. The van der Waals surface area contributed by atoms with Crippen LogP contribution in [0.25, 0.3) is 20.2 Å². The highest BCUT2D eigenvalue weighted by atomic mass is 32.1. The van der Waals surface area contributed by atoms with E-state index in [4.69, 9.17) is 0 Å². The van der Waals surface area contributed by atoms with Crippen LogP contribution in [0.2, 0.25) is 0 Å². The van der Waals surface area contributed by atoms with Gasteiger partial charge < -0.3 is 0 Å². The zero-order chi connectivity index (χ0) is 14.8. The highest BCUT2D eigenvalue weighted by Crippen LogP contribution is 2.29. The number of fused-ring (bicyclic) bond motifs is 2. The molecule has 0 saturated carbocycles. The summed E-state index contributed by atoms with van der Waals surface area (Å²) in [6, 6.07) is 12.3. The standard InChI is InChI=1S/C19H20OS/c1-3-7-13-11-12-17-18(14(13)8-4-2)19(20)15-9-5-6-10-16(15)21-17/h5-6,9-12H,3-4,7-8H2,1-2H3. The minimum absolute atomic E-state index is 0.209. The number of benzene rings is 2. The van der Waals surface area contributed by atoms with Crippen molar-refractivity contribution in [3.8, 4) is 0 Å². The first-order chi connectivity index (χ1) is 10.3. The molecule has 2 heteroatoms. The molecule has 2 aromatic carbocycles. The Balaban J connectivity index is 2.42. The molecule has 0 spiro atoms. The second-order valence-electron chi connectivity index (χ2n) is 5.50. The van der Waals surface area contributed by atoms with Gasteiger partial charge in [0.1, 0.15) is 0 Å². The number of hydrogen-bond donors (Lipinski definition) is 0. The van der Waals surface area contributed by atoms with Crippen LogP contribution in [0, 0.1) is 0 Å². The minimum Gasteiger partial charge on any atom is -0.288 e. The lowest BCUT2D eigenvalue weighted by molar-refractivity contribution is 0.868. The van der Waals surface area contributed by atoms with E-state index in [1.165, 1.54) is 11.1 Å². The summed E-state index contributed by atoms with van der Waals surface area (Å²) in [5, 5.41) is 1.83. The fraction of sp³-hybridized carbons (Fsp3) is 0.316. The van der Waals surface area contributed by atoms with Crippen LogP contribution >= 0.6 is 11.3 Å². The van der Waals surface area contributed by atoms with Crippen molar-refractivity contribution in [2.24, 2.45) is 0 Å². The molecule has 0 bridgehead atoms. The Bertz CT molecular complexity index is 845. The molecule has 108 valence electrons. The zero-order valence-corrected chi connectivity index (χ0v) is 13.4. The van der Waals surface area contributed by atoms with Crippen LogP contribution < -0.4 is 5.43 Å². The summed E-state index contributed by atoms with van der Waals surface area (Å²) in [6.07, 6.45) is 4.25. The summed E-state index contributed by atoms with van der Waals surface area (Å²) in [6.45, 7) is 4.38. The van der Waals surface area contributed by atoms with E-state index in [2.05, 4.69) is 26.0 Å². The molecular weight excluding hydrogens is 276 g/mol. The van der Waals surface area contributed by atoms with E-state index in [1.807, 2.05) is 24.3 Å². The summed E-state index contributed by atoms with van der Waals surface area (Å²) in [5.41, 5.74) is 2.84. The smallest absolute Gasteiger partial charge is 0.196 e. The highest BCUT2D eigenvalue weighted by Gasteiger charge is 2.12. The quantitative estimate of drug-likeness (QED) is 0.595. The topological polar surface area (TPSA) is 17.1 Å². The van der Waals surface area contributed by atoms with Gasteiger partial charge in [0.25, 0.3) is 0 Å². The molecule has 0 aliphatic rings. The van der Waals surface area contributed by atoms with Gasteiger partial charge in [-0.25, -0.2) is 0 Å². The fourth-order valence-electron chi connectivity index (χ4n) is 3.04. The van der Waals surface area contributed by atoms with E-state index >= 15 is 0 Å². The van der Waals surface area contributed by atoms with Crippen molar-refractivity contribution in [2.75, 3.05) is 0 Å². The van der Waals surface area contributed by atoms with Crippen molar-refractivity contribution in [2.45, 2.75) is 39.5 Å². The van der Waals surface area contributed by atoms with Crippen molar-refractivity contribution < 1.29 is 0 Å². The Morgan fingerprint density at radius 3 is 2.43 bits per heavy atom. The average Bonchev–Trinajstić information content (AvgIpc) is 2.50. The molecule has 21 heavy (non-hydrogen) atoms. The SMILES string of the molecule is CCCc1ccc2sc3ccccc3c(=O)c2c1CCC. The van der Waals surface area contributed by atoms with Gasteiger partial charge in [-0.1, -0.05) is 44.9 Å². The van der Waals surface area contributed by atoms with Crippen LogP contribution in [0.3, 0.4) is 0 Å². The van der Waals surface area contributed by atoms with Crippen LogP contribution in [0.1, 0.15) is 37.8 Å². The Hall–Kier alpha value is -1.67. The minimum atomic E-state index is 0.209. The van der Waals surface area contributed by atoms with Crippen molar-refractivity contribution in [3.05, 3.63) is 57.7 Å². The molecule has 0 aliphatic carbocycles. The van der Waals surface area contributed by atoms with E-state index < -0.39 is 0 Å². The van der Waals surface area contributed by atoms with Gasteiger partial charge >= 0.3 is 0 Å². The maximum atomic E-state index is 12.9. The molecule has 0 N–H and O–H groups in total. The Kier molecular flexibility index (Phi) is 4.07. The van der Waals surface area contributed by atoms with E-state index in [1.54, 1.807) is 11.3 Å². The highest BCUT2D eigenvalue weighted by molar-refractivity contribution is 7.24.